The number of nitrogens with zero attached hydrogens (tertiary/aromatic N) is 4. The SMILES string of the molecule is CCN1CC=C2C(C#N)=C(N)C(C#N)(C#N)C3(C(=O)c4cccc5cccc3c45)C2C1. The van der Waals surface area contributed by atoms with E-state index in [1.54, 1.807) is 6.07 Å². The lowest BCUT2D eigenvalue weighted by atomic mass is 9.47. The van der Waals surface area contributed by atoms with Gasteiger partial charge in [-0.15, -0.1) is 0 Å². The Kier molecular flexibility index (Phi) is 3.87. The lowest BCUT2D eigenvalue weighted by Gasteiger charge is -2.51. The fourth-order valence-corrected chi connectivity index (χ4v) is 5.88. The Morgan fingerprint density at radius 3 is 2.52 bits per heavy atom. The summed E-state index contributed by atoms with van der Waals surface area (Å²) in [6.45, 7) is 3.85. The molecule has 1 spiro atoms. The maximum atomic E-state index is 14.3. The van der Waals surface area contributed by atoms with E-state index in [1.165, 1.54) is 0 Å². The number of rotatable bonds is 1. The van der Waals surface area contributed by atoms with Crippen LogP contribution in [0.15, 0.2) is 59.3 Å². The minimum Gasteiger partial charge on any atom is -0.399 e. The average Bonchev–Trinajstić information content (AvgIpc) is 3.06. The lowest BCUT2D eigenvalue weighted by molar-refractivity contribution is 0.0693. The Labute approximate surface area is 180 Å². The van der Waals surface area contributed by atoms with Crippen molar-refractivity contribution in [2.24, 2.45) is 17.1 Å². The van der Waals surface area contributed by atoms with Gasteiger partial charge in [-0.1, -0.05) is 49.4 Å². The van der Waals surface area contributed by atoms with Gasteiger partial charge in [0.15, 0.2) is 5.78 Å². The molecule has 2 aliphatic carbocycles. The molecule has 0 amide bonds. The highest BCUT2D eigenvalue weighted by atomic mass is 16.1. The van der Waals surface area contributed by atoms with E-state index < -0.39 is 16.7 Å². The largest absolute Gasteiger partial charge is 0.399 e. The monoisotopic (exact) mass is 405 g/mol. The molecule has 2 unspecified atom stereocenters. The summed E-state index contributed by atoms with van der Waals surface area (Å²) in [7, 11) is 0. The number of Topliss-reactive ketones (excluding diaryl/α,β-unsaturated/α-hetero) is 1. The van der Waals surface area contributed by atoms with E-state index >= 15 is 0 Å². The highest BCUT2D eigenvalue weighted by Crippen LogP contribution is 2.63. The van der Waals surface area contributed by atoms with Gasteiger partial charge in [0.05, 0.1) is 23.4 Å². The number of hydrogen-bond acceptors (Lipinski definition) is 6. The molecule has 3 aliphatic rings. The third-order valence-electron chi connectivity index (χ3n) is 7.29. The molecule has 2 N–H and O–H groups in total. The van der Waals surface area contributed by atoms with Crippen LogP contribution in [0.1, 0.15) is 22.8 Å². The van der Waals surface area contributed by atoms with Gasteiger partial charge in [0.1, 0.15) is 11.5 Å². The number of carbonyl (C=O) groups excluding carboxylic acids is 1. The predicted molar refractivity (Wildman–Crippen MR) is 114 cm³/mol. The molecule has 1 aliphatic heterocycles. The molecule has 150 valence electrons. The quantitative estimate of drug-likeness (QED) is 0.779. The van der Waals surface area contributed by atoms with Crippen LogP contribution in [0.3, 0.4) is 0 Å². The summed E-state index contributed by atoms with van der Waals surface area (Å²) in [5.41, 5.74) is 4.82. The number of allylic oxidation sites excluding steroid dienone is 2. The highest BCUT2D eigenvalue weighted by molar-refractivity contribution is 6.22. The third-order valence-corrected chi connectivity index (χ3v) is 7.29. The number of benzene rings is 2. The molecule has 5 rings (SSSR count). The zero-order valence-electron chi connectivity index (χ0n) is 17.0. The number of likely N-dealkylation sites (N-methyl/N-ethyl adjacent to an activating group) is 1. The van der Waals surface area contributed by atoms with Crippen LogP contribution < -0.4 is 5.73 Å². The first-order valence-corrected chi connectivity index (χ1v) is 10.2. The van der Waals surface area contributed by atoms with Crippen molar-refractivity contribution in [2.45, 2.75) is 12.3 Å². The van der Waals surface area contributed by atoms with Crippen molar-refractivity contribution < 1.29 is 4.79 Å². The highest BCUT2D eigenvalue weighted by Gasteiger charge is 2.71. The molecular weight excluding hydrogens is 386 g/mol. The number of nitriles is 3. The standard InChI is InChI=1S/C25H19N5O/c1-2-30-10-9-16-18(11-26)22(29)24(13-27,14-28)25(20(16)12-30)19-8-4-6-15-5-3-7-17(21(15)19)23(25)31/h3-9,20H,2,10,12,29H2,1H3. The van der Waals surface area contributed by atoms with E-state index in [1.807, 2.05) is 43.3 Å². The van der Waals surface area contributed by atoms with Crippen molar-refractivity contribution in [3.8, 4) is 18.2 Å². The Balaban J connectivity index is 1.99. The van der Waals surface area contributed by atoms with Gasteiger partial charge in [0, 0.05) is 24.6 Å². The molecule has 31 heavy (non-hydrogen) atoms. The van der Waals surface area contributed by atoms with E-state index in [-0.39, 0.29) is 17.1 Å². The minimum absolute atomic E-state index is 0.120. The summed E-state index contributed by atoms with van der Waals surface area (Å²) in [4.78, 5) is 16.4. The van der Waals surface area contributed by atoms with Gasteiger partial charge < -0.3 is 5.73 Å². The average molecular weight is 405 g/mol. The summed E-state index contributed by atoms with van der Waals surface area (Å²) in [6.07, 6.45) is 1.93. The van der Waals surface area contributed by atoms with Crippen LogP contribution in [0.5, 0.6) is 0 Å². The summed E-state index contributed by atoms with van der Waals surface area (Å²) < 4.78 is 0. The smallest absolute Gasteiger partial charge is 0.201 e. The molecule has 6 nitrogen and oxygen atoms in total. The second-order valence-corrected chi connectivity index (χ2v) is 8.28. The first kappa shape index (κ1) is 19.1. The summed E-state index contributed by atoms with van der Waals surface area (Å²) in [6, 6.07) is 17.5. The van der Waals surface area contributed by atoms with Crippen molar-refractivity contribution in [1.82, 2.24) is 4.90 Å². The molecule has 0 fully saturated rings. The van der Waals surface area contributed by atoms with Crippen molar-refractivity contribution >= 4 is 16.6 Å². The molecule has 0 bridgehead atoms. The zero-order chi connectivity index (χ0) is 22.0. The molecule has 1 heterocycles. The first-order chi connectivity index (χ1) is 15.0. The summed E-state index contributed by atoms with van der Waals surface area (Å²) in [5, 5.41) is 32.4. The Morgan fingerprint density at radius 2 is 1.87 bits per heavy atom. The van der Waals surface area contributed by atoms with Crippen molar-refractivity contribution in [3.05, 3.63) is 70.4 Å². The number of ketones is 1. The Hall–Kier alpha value is -3.92. The minimum atomic E-state index is -1.98. The maximum absolute atomic E-state index is 14.3. The van der Waals surface area contributed by atoms with Crippen LogP contribution in [0.25, 0.3) is 10.8 Å². The van der Waals surface area contributed by atoms with Gasteiger partial charge in [0.2, 0.25) is 5.41 Å². The van der Waals surface area contributed by atoms with E-state index in [2.05, 4.69) is 23.1 Å². The molecule has 0 saturated heterocycles. The summed E-state index contributed by atoms with van der Waals surface area (Å²) in [5.74, 6) is -0.802. The Bertz CT molecular complexity index is 1340. The summed E-state index contributed by atoms with van der Waals surface area (Å²) >= 11 is 0. The van der Waals surface area contributed by atoms with Gasteiger partial charge in [-0.25, -0.2) is 0 Å². The molecule has 0 aromatic heterocycles. The predicted octanol–water partition coefficient (Wildman–Crippen LogP) is 2.94. The van der Waals surface area contributed by atoms with Crippen LogP contribution in [0.2, 0.25) is 0 Å². The van der Waals surface area contributed by atoms with Gasteiger partial charge in [-0.2, -0.15) is 15.8 Å². The van der Waals surface area contributed by atoms with Gasteiger partial charge >= 0.3 is 0 Å². The van der Waals surface area contributed by atoms with Crippen LogP contribution in [0, 0.1) is 45.3 Å². The van der Waals surface area contributed by atoms with Gasteiger partial charge in [-0.05, 0) is 28.5 Å². The van der Waals surface area contributed by atoms with E-state index in [9.17, 15) is 20.6 Å². The lowest BCUT2D eigenvalue weighted by Crippen LogP contribution is -2.62. The van der Waals surface area contributed by atoms with E-state index in [4.69, 9.17) is 5.73 Å². The van der Waals surface area contributed by atoms with Crippen LogP contribution in [-0.2, 0) is 5.41 Å². The fraction of sp³-hybridized carbons (Fsp3) is 0.280. The second kappa shape index (κ2) is 6.29. The molecule has 0 radical (unpaired) electrons. The number of hydrogen-bond donors (Lipinski definition) is 1. The topological polar surface area (TPSA) is 118 Å². The number of nitrogens with two attached hydrogens (primary N) is 1. The van der Waals surface area contributed by atoms with Crippen LogP contribution >= 0.6 is 0 Å². The van der Waals surface area contributed by atoms with Crippen molar-refractivity contribution in [1.29, 1.82) is 15.8 Å². The Morgan fingerprint density at radius 1 is 1.16 bits per heavy atom. The van der Waals surface area contributed by atoms with Crippen LogP contribution in [-0.4, -0.2) is 30.3 Å². The molecule has 2 atom stereocenters. The molecule has 2 aromatic carbocycles. The van der Waals surface area contributed by atoms with Crippen LogP contribution in [0.4, 0.5) is 0 Å². The first-order valence-electron chi connectivity index (χ1n) is 10.2. The van der Waals surface area contributed by atoms with Crippen molar-refractivity contribution in [2.75, 3.05) is 19.6 Å². The van der Waals surface area contributed by atoms with Gasteiger partial charge in [-0.3, -0.25) is 9.69 Å². The normalized spacial score (nSPS) is 26.2. The van der Waals surface area contributed by atoms with E-state index in [0.717, 1.165) is 17.3 Å². The third kappa shape index (κ3) is 1.95. The van der Waals surface area contributed by atoms with Crippen molar-refractivity contribution in [3.63, 3.8) is 0 Å². The van der Waals surface area contributed by atoms with Gasteiger partial charge in [0.25, 0.3) is 0 Å². The maximum Gasteiger partial charge on any atom is 0.201 e. The molecule has 6 heteroatoms. The molecule has 0 saturated carbocycles. The van der Waals surface area contributed by atoms with E-state index in [0.29, 0.717) is 29.8 Å². The second-order valence-electron chi connectivity index (χ2n) is 8.28. The number of carbonyl (C=O) groups is 1. The number of fused-ring (bicyclic) bond motifs is 3. The molecular formula is C25H19N5O. The fourth-order valence-electron chi connectivity index (χ4n) is 5.88. The molecule has 2 aromatic rings. The zero-order valence-corrected chi connectivity index (χ0v) is 17.0.